The number of nitrogens with zero attached hydrogens (tertiary/aromatic N) is 1. The average molecular weight is 447 g/mol. The van der Waals surface area contributed by atoms with E-state index in [9.17, 15) is 13.2 Å². The lowest BCUT2D eigenvalue weighted by atomic mass is 9.97. The normalized spacial score (nSPS) is 17.2. The molecule has 0 aliphatic carbocycles. The van der Waals surface area contributed by atoms with Crippen molar-refractivity contribution in [1.29, 1.82) is 0 Å². The van der Waals surface area contributed by atoms with Gasteiger partial charge >= 0.3 is 0 Å². The van der Waals surface area contributed by atoms with E-state index in [0.717, 1.165) is 5.56 Å². The van der Waals surface area contributed by atoms with Crippen molar-refractivity contribution in [2.24, 2.45) is 5.92 Å². The van der Waals surface area contributed by atoms with E-state index in [1.165, 1.54) is 11.4 Å². The molecule has 1 amide bonds. The van der Waals surface area contributed by atoms with E-state index in [4.69, 9.17) is 14.2 Å². The molecule has 9 heteroatoms. The van der Waals surface area contributed by atoms with E-state index >= 15 is 0 Å². The van der Waals surface area contributed by atoms with Gasteiger partial charge in [-0.1, -0.05) is 6.07 Å². The molecule has 0 radical (unpaired) electrons. The maximum absolute atomic E-state index is 13.1. The van der Waals surface area contributed by atoms with Gasteiger partial charge in [-0.15, -0.1) is 0 Å². The highest BCUT2D eigenvalue weighted by atomic mass is 32.2. The molecular formula is C22H26N2O6S. The Morgan fingerprint density at radius 1 is 1.06 bits per heavy atom. The maximum Gasteiger partial charge on any atom is 0.246 e. The average Bonchev–Trinajstić information content (AvgIpc) is 2.79. The molecule has 0 saturated carbocycles. The summed E-state index contributed by atoms with van der Waals surface area (Å²) >= 11 is 0. The standard InChI is InChI=1S/C22H26N2O6S/c1-15-3-5-19(28-2)21(13-15)31(26,27)24-9-7-16(8-10-24)22(25)23-17-4-6-18-20(14-17)30-12-11-29-18/h3-6,13-14,16H,7-12H2,1-2H3,(H,23,25). The van der Waals surface area contributed by atoms with Crippen LogP contribution in [-0.2, 0) is 14.8 Å². The number of methoxy groups -OCH3 is 1. The van der Waals surface area contributed by atoms with Crippen molar-refractivity contribution in [2.75, 3.05) is 38.7 Å². The number of hydrogen-bond acceptors (Lipinski definition) is 6. The highest BCUT2D eigenvalue weighted by Crippen LogP contribution is 2.34. The number of fused-ring (bicyclic) bond motifs is 1. The zero-order valence-corrected chi connectivity index (χ0v) is 18.4. The highest BCUT2D eigenvalue weighted by Gasteiger charge is 2.34. The van der Waals surface area contributed by atoms with Crippen molar-refractivity contribution in [3.63, 3.8) is 0 Å². The van der Waals surface area contributed by atoms with Crippen LogP contribution in [0.25, 0.3) is 0 Å². The number of piperidine rings is 1. The van der Waals surface area contributed by atoms with E-state index < -0.39 is 10.0 Å². The summed E-state index contributed by atoms with van der Waals surface area (Å²) in [4.78, 5) is 12.9. The van der Waals surface area contributed by atoms with Gasteiger partial charge in [0.1, 0.15) is 23.9 Å². The summed E-state index contributed by atoms with van der Waals surface area (Å²) in [5.74, 6) is 1.20. The van der Waals surface area contributed by atoms with Crippen LogP contribution in [0.4, 0.5) is 5.69 Å². The molecule has 2 heterocycles. The minimum Gasteiger partial charge on any atom is -0.495 e. The SMILES string of the molecule is COc1ccc(C)cc1S(=O)(=O)N1CCC(C(=O)Nc2ccc3c(c2)OCCO3)CC1. The quantitative estimate of drug-likeness (QED) is 0.759. The number of sulfonamides is 1. The number of carbonyl (C=O) groups excluding carboxylic acids is 1. The number of amides is 1. The Kier molecular flexibility index (Phi) is 6.06. The van der Waals surface area contributed by atoms with Gasteiger partial charge in [0.05, 0.1) is 7.11 Å². The molecule has 0 atom stereocenters. The molecule has 2 aromatic rings. The molecule has 2 aromatic carbocycles. The molecule has 0 bridgehead atoms. The number of nitrogens with one attached hydrogen (secondary N) is 1. The predicted octanol–water partition coefficient (Wildman–Crippen LogP) is 2.81. The van der Waals surface area contributed by atoms with Gasteiger partial charge in [0.2, 0.25) is 15.9 Å². The second kappa shape index (κ2) is 8.76. The first-order valence-electron chi connectivity index (χ1n) is 10.2. The Balaban J connectivity index is 1.40. The van der Waals surface area contributed by atoms with Crippen LogP contribution in [0.15, 0.2) is 41.3 Å². The number of anilines is 1. The molecular weight excluding hydrogens is 420 g/mol. The minimum absolute atomic E-state index is 0.123. The van der Waals surface area contributed by atoms with Gasteiger partial charge in [0.15, 0.2) is 11.5 Å². The Labute approximate surface area is 182 Å². The van der Waals surface area contributed by atoms with Gasteiger partial charge in [-0.25, -0.2) is 8.42 Å². The van der Waals surface area contributed by atoms with Gasteiger partial charge in [-0.05, 0) is 49.6 Å². The Bertz CT molecular complexity index is 1080. The lowest BCUT2D eigenvalue weighted by Gasteiger charge is -2.31. The summed E-state index contributed by atoms with van der Waals surface area (Å²) in [6.07, 6.45) is 0.896. The van der Waals surface area contributed by atoms with Crippen molar-refractivity contribution < 1.29 is 27.4 Å². The fourth-order valence-electron chi connectivity index (χ4n) is 3.85. The van der Waals surface area contributed by atoms with Crippen LogP contribution in [0.3, 0.4) is 0 Å². The van der Waals surface area contributed by atoms with Crippen molar-refractivity contribution in [2.45, 2.75) is 24.7 Å². The first-order valence-corrected chi connectivity index (χ1v) is 11.7. The van der Waals surface area contributed by atoms with Crippen LogP contribution in [0.2, 0.25) is 0 Å². The van der Waals surface area contributed by atoms with E-state index in [1.807, 2.05) is 13.0 Å². The molecule has 8 nitrogen and oxygen atoms in total. The van der Waals surface area contributed by atoms with E-state index in [2.05, 4.69) is 5.32 Å². The number of hydrogen-bond donors (Lipinski definition) is 1. The van der Waals surface area contributed by atoms with E-state index in [-0.39, 0.29) is 29.8 Å². The second-order valence-electron chi connectivity index (χ2n) is 7.68. The third-order valence-electron chi connectivity index (χ3n) is 5.57. The smallest absolute Gasteiger partial charge is 0.246 e. The zero-order chi connectivity index (χ0) is 22.0. The molecule has 0 unspecified atom stereocenters. The van der Waals surface area contributed by atoms with Crippen LogP contribution in [-0.4, -0.2) is 52.0 Å². The molecule has 4 rings (SSSR count). The molecule has 0 spiro atoms. The molecule has 2 aliphatic rings. The summed E-state index contributed by atoms with van der Waals surface area (Å²) in [6, 6.07) is 10.4. The van der Waals surface area contributed by atoms with Crippen LogP contribution in [0.5, 0.6) is 17.2 Å². The molecule has 2 aliphatic heterocycles. The number of aryl methyl sites for hydroxylation is 1. The molecule has 1 saturated heterocycles. The lowest BCUT2D eigenvalue weighted by molar-refractivity contribution is -0.120. The fraction of sp³-hybridized carbons (Fsp3) is 0.409. The Morgan fingerprint density at radius 2 is 1.77 bits per heavy atom. The van der Waals surface area contributed by atoms with Crippen molar-refractivity contribution in [1.82, 2.24) is 4.31 Å². The van der Waals surface area contributed by atoms with Gasteiger partial charge in [-0.2, -0.15) is 4.31 Å². The lowest BCUT2D eigenvalue weighted by Crippen LogP contribution is -2.41. The zero-order valence-electron chi connectivity index (χ0n) is 17.6. The van der Waals surface area contributed by atoms with Crippen LogP contribution in [0.1, 0.15) is 18.4 Å². The molecule has 1 fully saturated rings. The predicted molar refractivity (Wildman–Crippen MR) is 115 cm³/mol. The summed E-state index contributed by atoms with van der Waals surface area (Å²) in [7, 11) is -2.24. The highest BCUT2D eigenvalue weighted by molar-refractivity contribution is 7.89. The first-order chi connectivity index (χ1) is 14.9. The molecule has 0 aromatic heterocycles. The molecule has 31 heavy (non-hydrogen) atoms. The van der Waals surface area contributed by atoms with Gasteiger partial charge in [0, 0.05) is 30.8 Å². The van der Waals surface area contributed by atoms with Gasteiger partial charge in [-0.3, -0.25) is 4.79 Å². The monoisotopic (exact) mass is 446 g/mol. The molecule has 166 valence electrons. The van der Waals surface area contributed by atoms with E-state index in [0.29, 0.717) is 49.0 Å². The van der Waals surface area contributed by atoms with Crippen LogP contribution >= 0.6 is 0 Å². The van der Waals surface area contributed by atoms with E-state index in [1.54, 1.807) is 30.3 Å². The third kappa shape index (κ3) is 4.47. The summed E-state index contributed by atoms with van der Waals surface area (Å²) in [5, 5.41) is 2.91. The number of ether oxygens (including phenoxy) is 3. The van der Waals surface area contributed by atoms with Gasteiger partial charge < -0.3 is 19.5 Å². The number of carbonyl (C=O) groups is 1. The summed E-state index contributed by atoms with van der Waals surface area (Å²) < 4.78 is 44.0. The van der Waals surface area contributed by atoms with Crippen molar-refractivity contribution in [3.8, 4) is 17.2 Å². The Hall–Kier alpha value is -2.78. The fourth-order valence-corrected chi connectivity index (χ4v) is 5.56. The van der Waals surface area contributed by atoms with Crippen LogP contribution in [0, 0.1) is 12.8 Å². The van der Waals surface area contributed by atoms with Crippen molar-refractivity contribution in [3.05, 3.63) is 42.0 Å². The first kappa shape index (κ1) is 21.5. The summed E-state index contributed by atoms with van der Waals surface area (Å²) in [5.41, 5.74) is 1.47. The minimum atomic E-state index is -3.70. The van der Waals surface area contributed by atoms with Crippen molar-refractivity contribution >= 4 is 21.6 Å². The number of rotatable bonds is 5. The summed E-state index contributed by atoms with van der Waals surface area (Å²) in [6.45, 7) is 3.38. The topological polar surface area (TPSA) is 94.2 Å². The maximum atomic E-state index is 13.1. The number of benzene rings is 2. The van der Waals surface area contributed by atoms with Gasteiger partial charge in [0.25, 0.3) is 0 Å². The van der Waals surface area contributed by atoms with Crippen LogP contribution < -0.4 is 19.5 Å². The Morgan fingerprint density at radius 3 is 2.48 bits per heavy atom. The largest absolute Gasteiger partial charge is 0.495 e. The second-order valence-corrected chi connectivity index (χ2v) is 9.59. The third-order valence-corrected chi connectivity index (χ3v) is 7.49. The molecule has 1 N–H and O–H groups in total.